The fourth-order valence-electron chi connectivity index (χ4n) is 3.19. The normalized spacial score (nSPS) is 29.0. The van der Waals surface area contributed by atoms with Crippen LogP contribution in [0.15, 0.2) is 29.2 Å². The fraction of sp³-hybridized carbons (Fsp3) is 0.350. The van der Waals surface area contributed by atoms with Crippen LogP contribution in [0.5, 0.6) is 5.75 Å². The molecule has 2 aliphatic rings. The van der Waals surface area contributed by atoms with E-state index in [1.165, 1.54) is 6.92 Å². The quantitative estimate of drug-likeness (QED) is 0.776. The average Bonchev–Trinajstić information content (AvgIpc) is 2.72. The molecule has 4 rings (SSSR count). The smallest absolute Gasteiger partial charge is 0.276 e. The topological polar surface area (TPSA) is 101 Å². The molecule has 2 amide bonds. The molecular formula is C20H19F2N3O5. The van der Waals surface area contributed by atoms with Crippen molar-refractivity contribution in [3.05, 3.63) is 63.1 Å². The van der Waals surface area contributed by atoms with E-state index in [1.54, 1.807) is 0 Å². The molecule has 3 heterocycles. The number of fused-ring (bicyclic) bond motifs is 2. The zero-order valence-corrected chi connectivity index (χ0v) is 15.7. The largest absolute Gasteiger partial charge is 0.503 e. The summed E-state index contributed by atoms with van der Waals surface area (Å²) in [5.41, 5.74) is -3.05. The van der Waals surface area contributed by atoms with E-state index in [0.29, 0.717) is 21.7 Å². The summed E-state index contributed by atoms with van der Waals surface area (Å²) in [7, 11) is 0. The third-order valence-electron chi connectivity index (χ3n) is 4.79. The third kappa shape index (κ3) is 3.32. The zero-order chi connectivity index (χ0) is 25.2. The molecule has 1 aromatic carbocycles. The van der Waals surface area contributed by atoms with Gasteiger partial charge in [-0.05, 0) is 19.4 Å². The van der Waals surface area contributed by atoms with Gasteiger partial charge in [0.25, 0.3) is 11.8 Å². The van der Waals surface area contributed by atoms with Gasteiger partial charge in [0.05, 0.1) is 18.6 Å². The van der Waals surface area contributed by atoms with Gasteiger partial charge in [-0.3, -0.25) is 14.4 Å². The first kappa shape index (κ1) is 15.6. The van der Waals surface area contributed by atoms with Gasteiger partial charge in [-0.15, -0.1) is 0 Å². The minimum Gasteiger partial charge on any atom is -0.503 e. The van der Waals surface area contributed by atoms with Crippen LogP contribution in [0.25, 0.3) is 0 Å². The van der Waals surface area contributed by atoms with Crippen molar-refractivity contribution < 1.29 is 33.7 Å². The molecule has 1 aromatic heterocycles. The number of rotatable bonds is 3. The van der Waals surface area contributed by atoms with Crippen LogP contribution >= 0.6 is 0 Å². The molecule has 10 heteroatoms. The van der Waals surface area contributed by atoms with Crippen LogP contribution in [0.4, 0.5) is 8.78 Å². The number of aromatic nitrogens is 1. The molecule has 1 saturated heterocycles. The van der Waals surface area contributed by atoms with Crippen molar-refractivity contribution >= 4 is 11.8 Å². The molecule has 8 nitrogen and oxygen atoms in total. The Hall–Kier alpha value is -3.27. The number of ether oxygens (including phenoxy) is 1. The highest BCUT2D eigenvalue weighted by molar-refractivity contribution is 5.99. The molecule has 0 aliphatic carbocycles. The molecule has 0 radical (unpaired) electrons. The van der Waals surface area contributed by atoms with Gasteiger partial charge in [0, 0.05) is 30.4 Å². The van der Waals surface area contributed by atoms with Crippen molar-refractivity contribution in [2.24, 2.45) is 0 Å². The van der Waals surface area contributed by atoms with Crippen LogP contribution in [0.2, 0.25) is 0 Å². The number of hydrogen-bond donors (Lipinski definition) is 2. The van der Waals surface area contributed by atoms with E-state index in [2.05, 4.69) is 5.32 Å². The monoisotopic (exact) mass is 423 g/mol. The zero-order valence-electron chi connectivity index (χ0n) is 19.7. The molecule has 158 valence electrons. The summed E-state index contributed by atoms with van der Waals surface area (Å²) < 4.78 is 66.6. The summed E-state index contributed by atoms with van der Waals surface area (Å²) in [6, 6.07) is 0.864. The predicted molar refractivity (Wildman–Crippen MR) is 99.9 cm³/mol. The van der Waals surface area contributed by atoms with Crippen LogP contribution < -0.4 is 10.7 Å². The number of aromatic hydroxyl groups is 1. The molecule has 1 fully saturated rings. The molecular weight excluding hydrogens is 400 g/mol. The lowest BCUT2D eigenvalue weighted by Crippen LogP contribution is -2.57. The number of halogens is 2. The summed E-state index contributed by atoms with van der Waals surface area (Å²) in [5.74, 6) is -5.37. The Kier molecular flexibility index (Phi) is 3.90. The second kappa shape index (κ2) is 7.52. The predicted octanol–water partition coefficient (Wildman–Crippen LogP) is 1.35. The van der Waals surface area contributed by atoms with Gasteiger partial charge in [-0.25, -0.2) is 8.78 Å². The highest BCUT2D eigenvalue weighted by Crippen LogP contribution is 2.29. The van der Waals surface area contributed by atoms with Gasteiger partial charge >= 0.3 is 0 Å². The van der Waals surface area contributed by atoms with E-state index < -0.39 is 71.1 Å². The molecule has 0 unspecified atom stereocenters. The van der Waals surface area contributed by atoms with Crippen molar-refractivity contribution in [1.29, 1.82) is 0 Å². The first-order chi connectivity index (χ1) is 15.7. The molecule has 30 heavy (non-hydrogen) atoms. The van der Waals surface area contributed by atoms with E-state index in [-0.39, 0.29) is 18.6 Å². The maximum atomic E-state index is 13.8. The minimum atomic E-state index is -2.94. The number of carbonyl (C=O) groups is 2. The van der Waals surface area contributed by atoms with Crippen molar-refractivity contribution in [3.63, 3.8) is 0 Å². The van der Waals surface area contributed by atoms with E-state index in [0.717, 1.165) is 12.1 Å². The second-order valence-electron chi connectivity index (χ2n) is 6.75. The Balaban J connectivity index is 1.78. The second-order valence-corrected chi connectivity index (χ2v) is 6.75. The lowest BCUT2D eigenvalue weighted by atomic mass is 10.1. The standard InChI is InChI=1S/C20H19F2N3O5/c1-10-4-5-30-15-9-24-8-13(17(26)18(27)16(24)20(29)25(10)15)19(28)23-7-11-2-3-12(21)6-14(11)22/h2-3,6,8,10,15,27H,4-5,7,9H2,1H3,(H,23,28)/t10-,15+/m1/s1/i9D2,10D,15D. The number of carbonyl (C=O) groups excluding carboxylic acids is 2. The maximum absolute atomic E-state index is 13.8. The number of pyridine rings is 1. The first-order valence-corrected chi connectivity index (χ1v) is 8.92. The number of nitrogens with zero attached hydrogens (tertiary/aromatic N) is 2. The molecule has 0 spiro atoms. The Morgan fingerprint density at radius 2 is 2.20 bits per heavy atom. The Morgan fingerprint density at radius 3 is 2.93 bits per heavy atom. The SMILES string of the molecule is [2H]C1([2H])n2cc(C(=O)NCc3ccc(F)cc3F)c(=O)c(O)c2C(=O)N2[C@]([2H])(C)CCO[C@]21[2H]. The van der Waals surface area contributed by atoms with E-state index in [1.807, 2.05) is 0 Å². The molecule has 2 aromatic rings. The van der Waals surface area contributed by atoms with Gasteiger partial charge in [-0.1, -0.05) is 6.07 Å². The summed E-state index contributed by atoms with van der Waals surface area (Å²) in [6.45, 7) is -2.35. The Bertz CT molecular complexity index is 1290. The van der Waals surface area contributed by atoms with E-state index in [9.17, 15) is 28.3 Å². The lowest BCUT2D eigenvalue weighted by molar-refractivity contribution is -0.112. The first-order valence-electron chi connectivity index (χ1n) is 10.9. The van der Waals surface area contributed by atoms with Crippen molar-refractivity contribution in [1.82, 2.24) is 14.8 Å². The van der Waals surface area contributed by atoms with E-state index in [4.69, 9.17) is 10.2 Å². The molecule has 0 bridgehead atoms. The third-order valence-corrected chi connectivity index (χ3v) is 4.79. The molecule has 2 aliphatic heterocycles. The number of benzene rings is 1. The minimum absolute atomic E-state index is 0.0547. The average molecular weight is 423 g/mol. The van der Waals surface area contributed by atoms with Gasteiger partial charge in [-0.2, -0.15) is 0 Å². The van der Waals surface area contributed by atoms with Crippen LogP contribution in [0, 0.1) is 11.6 Å². The van der Waals surface area contributed by atoms with Gasteiger partial charge in [0.15, 0.2) is 17.6 Å². The number of hydrogen-bond acceptors (Lipinski definition) is 5. The van der Waals surface area contributed by atoms with Gasteiger partial charge < -0.3 is 24.6 Å². The Labute approximate surface area is 175 Å². The lowest BCUT2D eigenvalue weighted by Gasteiger charge is -2.44. The highest BCUT2D eigenvalue weighted by Gasteiger charge is 2.41. The maximum Gasteiger partial charge on any atom is 0.276 e. The van der Waals surface area contributed by atoms with Crippen molar-refractivity contribution in [2.75, 3.05) is 6.61 Å². The summed E-state index contributed by atoms with van der Waals surface area (Å²) in [6.07, 6.45) is -2.13. The number of amides is 2. The van der Waals surface area contributed by atoms with Crippen LogP contribution in [0.1, 0.15) is 45.2 Å². The highest BCUT2D eigenvalue weighted by atomic mass is 19.1. The van der Waals surface area contributed by atoms with Crippen molar-refractivity contribution in [2.45, 2.75) is 38.6 Å². The van der Waals surface area contributed by atoms with Crippen LogP contribution in [-0.4, -0.2) is 45.2 Å². The molecule has 2 atom stereocenters. The van der Waals surface area contributed by atoms with Crippen LogP contribution in [0.3, 0.4) is 0 Å². The summed E-state index contributed by atoms with van der Waals surface area (Å²) in [4.78, 5) is 39.0. The molecule has 2 N–H and O–H groups in total. The molecule has 0 saturated carbocycles. The van der Waals surface area contributed by atoms with E-state index >= 15 is 0 Å². The number of nitrogens with one attached hydrogen (secondary N) is 1. The van der Waals surface area contributed by atoms with Crippen molar-refractivity contribution in [3.8, 4) is 5.75 Å². The summed E-state index contributed by atoms with van der Waals surface area (Å²) in [5, 5.41) is 12.7. The van der Waals surface area contributed by atoms with Gasteiger partial charge in [0.1, 0.15) is 17.2 Å². The summed E-state index contributed by atoms with van der Waals surface area (Å²) >= 11 is 0. The fourth-order valence-corrected chi connectivity index (χ4v) is 3.19. The Morgan fingerprint density at radius 1 is 1.43 bits per heavy atom. The van der Waals surface area contributed by atoms with Crippen LogP contribution in [-0.2, 0) is 17.8 Å². The van der Waals surface area contributed by atoms with Gasteiger partial charge in [0.2, 0.25) is 5.43 Å².